The molecule has 110 valence electrons. The molecule has 0 bridgehead atoms. The van der Waals surface area contributed by atoms with Gasteiger partial charge < -0.3 is 16.0 Å². The van der Waals surface area contributed by atoms with Crippen LogP contribution in [0.2, 0.25) is 0 Å². The van der Waals surface area contributed by atoms with E-state index in [1.54, 1.807) is 17.0 Å². The van der Waals surface area contributed by atoms with Crippen molar-refractivity contribution in [3.05, 3.63) is 24.3 Å². The van der Waals surface area contributed by atoms with E-state index in [2.05, 4.69) is 5.32 Å². The minimum atomic E-state index is -0.155. The molecule has 0 radical (unpaired) electrons. The zero-order valence-corrected chi connectivity index (χ0v) is 12.3. The van der Waals surface area contributed by atoms with Gasteiger partial charge in [0.15, 0.2) is 0 Å². The summed E-state index contributed by atoms with van der Waals surface area (Å²) in [6, 6.07) is 7.18. The van der Waals surface area contributed by atoms with Crippen LogP contribution < -0.4 is 11.1 Å². The van der Waals surface area contributed by atoms with Crippen molar-refractivity contribution in [2.75, 3.05) is 24.1 Å². The van der Waals surface area contributed by atoms with Crippen molar-refractivity contribution < 1.29 is 9.59 Å². The Morgan fingerprint density at radius 2 is 2.05 bits per heavy atom. The number of anilines is 2. The smallest absolute Gasteiger partial charge is 0.229 e. The fourth-order valence-corrected chi connectivity index (χ4v) is 2.32. The summed E-state index contributed by atoms with van der Waals surface area (Å²) >= 11 is 0. The molecule has 6 heteroatoms. The van der Waals surface area contributed by atoms with Crippen molar-refractivity contribution in [2.45, 2.75) is 19.8 Å². The van der Waals surface area contributed by atoms with Crippen molar-refractivity contribution in [1.82, 2.24) is 4.90 Å². The Bertz CT molecular complexity index is 493. The van der Waals surface area contributed by atoms with Crippen LogP contribution in [0.25, 0.3) is 0 Å². The summed E-state index contributed by atoms with van der Waals surface area (Å²) in [5.74, 6) is -0.196. The second-order valence-corrected chi connectivity index (χ2v) is 4.88. The number of hydrogen-bond acceptors (Lipinski definition) is 3. The minimum absolute atomic E-state index is 0. The molecule has 0 aliphatic carbocycles. The topological polar surface area (TPSA) is 75.4 Å². The van der Waals surface area contributed by atoms with Crippen LogP contribution in [0.5, 0.6) is 0 Å². The molecule has 1 heterocycles. The fraction of sp³-hybridized carbons (Fsp3) is 0.429. The van der Waals surface area contributed by atoms with E-state index in [-0.39, 0.29) is 30.1 Å². The lowest BCUT2D eigenvalue weighted by Crippen LogP contribution is -2.42. The van der Waals surface area contributed by atoms with E-state index in [9.17, 15) is 9.59 Å². The zero-order chi connectivity index (χ0) is 13.8. The first-order valence-corrected chi connectivity index (χ1v) is 6.49. The molecule has 1 aliphatic rings. The van der Waals surface area contributed by atoms with E-state index in [1.165, 1.54) is 6.92 Å². The van der Waals surface area contributed by atoms with Crippen LogP contribution in [0.4, 0.5) is 11.4 Å². The van der Waals surface area contributed by atoms with Crippen LogP contribution >= 0.6 is 12.4 Å². The van der Waals surface area contributed by atoms with Crippen LogP contribution in [-0.4, -0.2) is 29.8 Å². The highest BCUT2D eigenvalue weighted by Gasteiger charge is 2.27. The van der Waals surface area contributed by atoms with Crippen LogP contribution in [-0.2, 0) is 9.59 Å². The number of nitrogen functional groups attached to an aromatic ring is 1. The van der Waals surface area contributed by atoms with E-state index in [1.807, 2.05) is 12.1 Å². The van der Waals surface area contributed by atoms with Gasteiger partial charge in [-0.05, 0) is 25.0 Å². The molecule has 1 atom stereocenters. The van der Waals surface area contributed by atoms with Crippen LogP contribution in [0.3, 0.4) is 0 Å². The van der Waals surface area contributed by atoms with Crippen molar-refractivity contribution in [3.63, 3.8) is 0 Å². The number of carbonyl (C=O) groups excluding carboxylic acids is 2. The van der Waals surface area contributed by atoms with Crippen LogP contribution in [0, 0.1) is 5.92 Å². The number of likely N-dealkylation sites (tertiary alicyclic amines) is 1. The Balaban J connectivity index is 0.00000200. The van der Waals surface area contributed by atoms with Gasteiger partial charge in [0.05, 0.1) is 17.3 Å². The average Bonchev–Trinajstić information content (AvgIpc) is 2.41. The van der Waals surface area contributed by atoms with Crippen LogP contribution in [0.1, 0.15) is 19.8 Å². The number of carbonyl (C=O) groups is 2. The summed E-state index contributed by atoms with van der Waals surface area (Å²) < 4.78 is 0. The van der Waals surface area contributed by atoms with Crippen molar-refractivity contribution in [3.8, 4) is 0 Å². The van der Waals surface area contributed by atoms with Gasteiger partial charge in [0, 0.05) is 20.0 Å². The lowest BCUT2D eigenvalue weighted by atomic mass is 9.97. The third-order valence-electron chi connectivity index (χ3n) is 3.46. The van der Waals surface area contributed by atoms with E-state index in [0.717, 1.165) is 19.4 Å². The van der Waals surface area contributed by atoms with Gasteiger partial charge in [-0.25, -0.2) is 0 Å². The molecule has 1 unspecified atom stereocenters. The summed E-state index contributed by atoms with van der Waals surface area (Å²) in [7, 11) is 0. The standard InChI is InChI=1S/C14H19N3O2.ClH/c1-10(18)17-8-4-5-11(9-17)14(19)16-13-7-3-2-6-12(13)15;/h2-3,6-7,11H,4-5,8-9,15H2,1H3,(H,16,19);1H. The predicted octanol–water partition coefficient (Wildman–Crippen LogP) is 1.89. The van der Waals surface area contributed by atoms with Gasteiger partial charge in [-0.1, -0.05) is 12.1 Å². The van der Waals surface area contributed by atoms with Gasteiger partial charge in [-0.2, -0.15) is 0 Å². The Labute approximate surface area is 124 Å². The number of nitrogens with zero attached hydrogens (tertiary/aromatic N) is 1. The molecular formula is C14H20ClN3O2. The number of para-hydroxylation sites is 2. The Kier molecular flexibility index (Phi) is 5.82. The number of nitrogens with one attached hydrogen (secondary N) is 1. The summed E-state index contributed by atoms with van der Waals surface area (Å²) in [5, 5.41) is 2.84. The number of rotatable bonds is 2. The molecule has 1 fully saturated rings. The Hall–Kier alpha value is -1.75. The maximum absolute atomic E-state index is 12.2. The number of amides is 2. The number of benzene rings is 1. The molecule has 2 rings (SSSR count). The SMILES string of the molecule is CC(=O)N1CCCC(C(=O)Nc2ccccc2N)C1.Cl. The lowest BCUT2D eigenvalue weighted by molar-refractivity contribution is -0.132. The highest BCUT2D eigenvalue weighted by molar-refractivity contribution is 5.95. The van der Waals surface area contributed by atoms with Crippen molar-refractivity contribution >= 4 is 35.6 Å². The largest absolute Gasteiger partial charge is 0.397 e. The molecule has 0 aromatic heterocycles. The molecule has 2 amide bonds. The summed E-state index contributed by atoms with van der Waals surface area (Å²) in [4.78, 5) is 25.3. The Morgan fingerprint density at radius 3 is 2.70 bits per heavy atom. The second-order valence-electron chi connectivity index (χ2n) is 4.88. The molecule has 20 heavy (non-hydrogen) atoms. The van der Waals surface area contributed by atoms with E-state index in [0.29, 0.717) is 17.9 Å². The molecule has 0 spiro atoms. The predicted molar refractivity (Wildman–Crippen MR) is 81.7 cm³/mol. The van der Waals surface area contributed by atoms with Gasteiger partial charge in [-0.3, -0.25) is 9.59 Å². The zero-order valence-electron chi connectivity index (χ0n) is 11.5. The fourth-order valence-electron chi connectivity index (χ4n) is 2.32. The summed E-state index contributed by atoms with van der Waals surface area (Å²) in [6.45, 7) is 2.77. The van der Waals surface area contributed by atoms with Gasteiger partial charge in [0.25, 0.3) is 0 Å². The Morgan fingerprint density at radius 1 is 1.35 bits per heavy atom. The molecule has 1 saturated heterocycles. The third-order valence-corrected chi connectivity index (χ3v) is 3.46. The lowest BCUT2D eigenvalue weighted by Gasteiger charge is -2.31. The van der Waals surface area contributed by atoms with Crippen molar-refractivity contribution in [2.24, 2.45) is 5.92 Å². The second kappa shape index (κ2) is 7.14. The molecular weight excluding hydrogens is 278 g/mol. The number of piperidine rings is 1. The third kappa shape index (κ3) is 3.87. The highest BCUT2D eigenvalue weighted by atomic mass is 35.5. The van der Waals surface area contributed by atoms with E-state index >= 15 is 0 Å². The summed E-state index contributed by atoms with van der Waals surface area (Å²) in [6.07, 6.45) is 1.67. The van der Waals surface area contributed by atoms with E-state index in [4.69, 9.17) is 5.73 Å². The molecule has 1 aliphatic heterocycles. The van der Waals surface area contributed by atoms with Crippen LogP contribution in [0.15, 0.2) is 24.3 Å². The van der Waals surface area contributed by atoms with Gasteiger partial charge in [-0.15, -0.1) is 12.4 Å². The summed E-state index contributed by atoms with van der Waals surface area (Å²) in [5.41, 5.74) is 6.98. The molecule has 1 aromatic rings. The molecule has 5 nitrogen and oxygen atoms in total. The maximum Gasteiger partial charge on any atom is 0.229 e. The van der Waals surface area contributed by atoms with E-state index < -0.39 is 0 Å². The molecule has 1 aromatic carbocycles. The molecule has 3 N–H and O–H groups in total. The first-order valence-electron chi connectivity index (χ1n) is 6.49. The minimum Gasteiger partial charge on any atom is -0.397 e. The first kappa shape index (κ1) is 16.3. The van der Waals surface area contributed by atoms with Gasteiger partial charge >= 0.3 is 0 Å². The van der Waals surface area contributed by atoms with Crippen molar-refractivity contribution in [1.29, 1.82) is 0 Å². The first-order chi connectivity index (χ1) is 9.08. The average molecular weight is 298 g/mol. The monoisotopic (exact) mass is 297 g/mol. The normalized spacial score (nSPS) is 18.1. The number of hydrogen-bond donors (Lipinski definition) is 2. The quantitative estimate of drug-likeness (QED) is 0.819. The number of nitrogens with two attached hydrogens (primary N) is 1. The highest BCUT2D eigenvalue weighted by Crippen LogP contribution is 2.21. The van der Waals surface area contributed by atoms with Gasteiger partial charge in [0.2, 0.25) is 11.8 Å². The number of halogens is 1. The van der Waals surface area contributed by atoms with Gasteiger partial charge in [0.1, 0.15) is 0 Å². The maximum atomic E-state index is 12.2. The molecule has 0 saturated carbocycles.